The molecule has 1 amide bonds. The SMILES string of the molecule is C[C@H](NC(=O)[C@@H]1[C@@H](CO)[C@@H]2Cn3c(ccc(-c4cccnc4)c3=O)[C@H]1N2C)c1ccccc1. The summed E-state index contributed by atoms with van der Waals surface area (Å²) in [6, 6.07) is 16.8. The lowest BCUT2D eigenvalue weighted by Crippen LogP contribution is -2.44. The molecular formula is C26H28N4O3. The molecule has 2 bridgehead atoms. The van der Waals surface area contributed by atoms with Gasteiger partial charge in [-0.2, -0.15) is 0 Å². The Morgan fingerprint density at radius 1 is 1.18 bits per heavy atom. The number of rotatable bonds is 5. The van der Waals surface area contributed by atoms with Gasteiger partial charge in [0.25, 0.3) is 5.56 Å². The van der Waals surface area contributed by atoms with Gasteiger partial charge in [-0.3, -0.25) is 19.5 Å². The van der Waals surface area contributed by atoms with Crippen molar-refractivity contribution in [2.24, 2.45) is 11.8 Å². The second kappa shape index (κ2) is 8.57. The maximum atomic E-state index is 13.5. The zero-order valence-corrected chi connectivity index (χ0v) is 18.8. The van der Waals surface area contributed by atoms with Crippen molar-refractivity contribution in [1.82, 2.24) is 19.8 Å². The lowest BCUT2D eigenvalue weighted by molar-refractivity contribution is -0.128. The van der Waals surface area contributed by atoms with Crippen molar-refractivity contribution in [2.45, 2.75) is 31.6 Å². The summed E-state index contributed by atoms with van der Waals surface area (Å²) in [6.07, 6.45) is 3.37. The zero-order valence-electron chi connectivity index (χ0n) is 18.8. The molecule has 7 nitrogen and oxygen atoms in total. The number of nitrogens with zero attached hydrogens (tertiary/aromatic N) is 3. The van der Waals surface area contributed by atoms with E-state index < -0.39 is 5.92 Å². The maximum Gasteiger partial charge on any atom is 0.258 e. The number of likely N-dealkylation sites (N-methyl/N-ethyl adjacent to an activating group) is 1. The molecule has 0 radical (unpaired) electrons. The summed E-state index contributed by atoms with van der Waals surface area (Å²) in [6.45, 7) is 2.30. The molecule has 5 atom stereocenters. The molecule has 1 saturated heterocycles. The quantitative estimate of drug-likeness (QED) is 0.631. The van der Waals surface area contributed by atoms with Crippen LogP contribution in [0.3, 0.4) is 0 Å². The molecule has 1 aromatic carbocycles. The summed E-state index contributed by atoms with van der Waals surface area (Å²) in [7, 11) is 1.98. The van der Waals surface area contributed by atoms with E-state index in [9.17, 15) is 14.7 Å². The summed E-state index contributed by atoms with van der Waals surface area (Å²) >= 11 is 0. The number of fused-ring (bicyclic) bond motifs is 4. The fraction of sp³-hybridized carbons (Fsp3) is 0.346. The lowest BCUT2D eigenvalue weighted by Gasteiger charge is -2.35. The number of aliphatic hydroxyl groups excluding tert-OH is 1. The highest BCUT2D eigenvalue weighted by molar-refractivity contribution is 5.81. The third-order valence-electron chi connectivity index (χ3n) is 7.28. The number of carbonyl (C=O) groups excluding carboxylic acids is 1. The van der Waals surface area contributed by atoms with E-state index in [1.807, 2.05) is 68.6 Å². The van der Waals surface area contributed by atoms with Crippen LogP contribution < -0.4 is 10.9 Å². The third-order valence-corrected chi connectivity index (χ3v) is 7.28. The highest BCUT2D eigenvalue weighted by Crippen LogP contribution is 2.47. The number of aliphatic hydroxyl groups is 1. The van der Waals surface area contributed by atoms with Crippen LogP contribution in [0.1, 0.15) is 30.3 Å². The standard InChI is InChI=1S/C26H28N4O3/c1-16(17-7-4-3-5-8-17)28-25(32)23-20(15-31)22-14-30-21(24(23)29(22)2)11-10-19(26(30)33)18-9-6-12-27-13-18/h3-13,16,20,22-24,31H,14-15H2,1-2H3,(H,28,32)/t16-,20-,22-,23+,24+/m0/s1. The molecule has 2 aliphatic rings. The number of benzene rings is 1. The van der Waals surface area contributed by atoms with Gasteiger partial charge in [0.05, 0.1) is 18.0 Å². The van der Waals surface area contributed by atoms with Crippen LogP contribution in [0.5, 0.6) is 0 Å². The highest BCUT2D eigenvalue weighted by Gasteiger charge is 2.54. The second-order valence-corrected chi connectivity index (χ2v) is 9.02. The van der Waals surface area contributed by atoms with Gasteiger partial charge in [-0.1, -0.05) is 36.4 Å². The average molecular weight is 445 g/mol. The van der Waals surface area contributed by atoms with Gasteiger partial charge in [0.15, 0.2) is 0 Å². The highest BCUT2D eigenvalue weighted by atomic mass is 16.3. The van der Waals surface area contributed by atoms with Crippen molar-refractivity contribution in [3.63, 3.8) is 0 Å². The van der Waals surface area contributed by atoms with E-state index >= 15 is 0 Å². The molecule has 4 heterocycles. The van der Waals surface area contributed by atoms with E-state index in [-0.39, 0.29) is 42.1 Å². The number of aromatic nitrogens is 2. The average Bonchev–Trinajstić information content (AvgIpc) is 3.02. The Hall–Kier alpha value is -3.29. The first-order valence-electron chi connectivity index (χ1n) is 11.3. The van der Waals surface area contributed by atoms with E-state index in [0.717, 1.165) is 16.8 Å². The van der Waals surface area contributed by atoms with E-state index in [0.29, 0.717) is 12.1 Å². The molecule has 7 heteroatoms. The molecule has 33 heavy (non-hydrogen) atoms. The fourth-order valence-electron chi connectivity index (χ4n) is 5.57. The first-order chi connectivity index (χ1) is 16.0. The summed E-state index contributed by atoms with van der Waals surface area (Å²) in [5.74, 6) is -0.806. The Labute approximate surface area is 192 Å². The Morgan fingerprint density at radius 3 is 2.67 bits per heavy atom. The molecular weight excluding hydrogens is 416 g/mol. The number of amides is 1. The van der Waals surface area contributed by atoms with Crippen LogP contribution in [0, 0.1) is 11.8 Å². The molecule has 0 aliphatic carbocycles. The van der Waals surface area contributed by atoms with Crippen molar-refractivity contribution in [3.05, 3.63) is 88.6 Å². The predicted molar refractivity (Wildman–Crippen MR) is 125 cm³/mol. The van der Waals surface area contributed by atoms with Crippen molar-refractivity contribution in [3.8, 4) is 11.1 Å². The Kier molecular flexibility index (Phi) is 5.60. The smallest absolute Gasteiger partial charge is 0.258 e. The zero-order chi connectivity index (χ0) is 23.1. The van der Waals surface area contributed by atoms with Crippen molar-refractivity contribution >= 4 is 5.91 Å². The second-order valence-electron chi connectivity index (χ2n) is 9.02. The molecule has 0 spiro atoms. The van der Waals surface area contributed by atoms with Gasteiger partial charge in [-0.05, 0) is 37.7 Å². The fourth-order valence-corrected chi connectivity index (χ4v) is 5.57. The minimum absolute atomic E-state index is 0.0843. The van der Waals surface area contributed by atoms with E-state index in [1.54, 1.807) is 17.0 Å². The normalized spacial score (nSPS) is 24.8. The lowest BCUT2D eigenvalue weighted by atomic mass is 9.86. The van der Waals surface area contributed by atoms with E-state index in [4.69, 9.17) is 0 Å². The van der Waals surface area contributed by atoms with Gasteiger partial charge in [0, 0.05) is 54.3 Å². The molecule has 2 N–H and O–H groups in total. The number of hydrogen-bond donors (Lipinski definition) is 2. The molecule has 2 aliphatic heterocycles. The topological polar surface area (TPSA) is 87.5 Å². The van der Waals surface area contributed by atoms with E-state index in [1.165, 1.54) is 0 Å². The number of pyridine rings is 2. The Balaban J connectivity index is 1.51. The molecule has 5 rings (SSSR count). The minimum Gasteiger partial charge on any atom is -0.396 e. The van der Waals surface area contributed by atoms with Gasteiger partial charge >= 0.3 is 0 Å². The third kappa shape index (κ3) is 3.57. The monoisotopic (exact) mass is 444 g/mol. The summed E-state index contributed by atoms with van der Waals surface area (Å²) in [5.41, 5.74) is 3.12. The maximum absolute atomic E-state index is 13.5. The molecule has 170 valence electrons. The van der Waals surface area contributed by atoms with Crippen molar-refractivity contribution in [1.29, 1.82) is 0 Å². The van der Waals surface area contributed by atoms with Crippen LogP contribution >= 0.6 is 0 Å². The van der Waals surface area contributed by atoms with Crippen LogP contribution in [0.15, 0.2) is 71.8 Å². The van der Waals surface area contributed by atoms with Crippen LogP contribution in [-0.2, 0) is 11.3 Å². The first-order valence-corrected chi connectivity index (χ1v) is 11.3. The Morgan fingerprint density at radius 2 is 1.97 bits per heavy atom. The number of hydrogen-bond acceptors (Lipinski definition) is 5. The van der Waals surface area contributed by atoms with Gasteiger partial charge in [-0.25, -0.2) is 0 Å². The molecule has 2 aromatic heterocycles. The Bertz CT molecular complexity index is 1210. The van der Waals surface area contributed by atoms with Gasteiger partial charge in [0.2, 0.25) is 5.91 Å². The van der Waals surface area contributed by atoms with Gasteiger partial charge in [0.1, 0.15) is 0 Å². The molecule has 3 aromatic rings. The van der Waals surface area contributed by atoms with Crippen molar-refractivity contribution < 1.29 is 9.90 Å². The van der Waals surface area contributed by atoms with Gasteiger partial charge < -0.3 is 15.0 Å². The first kappa shape index (κ1) is 21.6. The summed E-state index contributed by atoms with van der Waals surface area (Å²) in [5, 5.41) is 13.4. The predicted octanol–water partition coefficient (Wildman–Crippen LogP) is 2.38. The molecule has 0 saturated carbocycles. The van der Waals surface area contributed by atoms with Gasteiger partial charge in [-0.15, -0.1) is 0 Å². The minimum atomic E-state index is -0.450. The van der Waals surface area contributed by atoms with Crippen LogP contribution in [-0.4, -0.2) is 45.2 Å². The number of carbonyl (C=O) groups is 1. The van der Waals surface area contributed by atoms with Crippen LogP contribution in [0.2, 0.25) is 0 Å². The van der Waals surface area contributed by atoms with E-state index in [2.05, 4.69) is 15.2 Å². The summed E-state index contributed by atoms with van der Waals surface area (Å²) in [4.78, 5) is 33.2. The van der Waals surface area contributed by atoms with Crippen LogP contribution in [0.4, 0.5) is 0 Å². The number of nitrogens with one attached hydrogen (secondary N) is 1. The van der Waals surface area contributed by atoms with Crippen LogP contribution in [0.25, 0.3) is 11.1 Å². The summed E-state index contributed by atoms with van der Waals surface area (Å²) < 4.78 is 1.79. The molecule has 0 unspecified atom stereocenters. The van der Waals surface area contributed by atoms with Crippen molar-refractivity contribution in [2.75, 3.05) is 13.7 Å². The molecule has 1 fully saturated rings. The largest absolute Gasteiger partial charge is 0.396 e.